The third-order valence-corrected chi connectivity index (χ3v) is 6.33. The molecule has 1 aliphatic heterocycles. The van der Waals surface area contributed by atoms with E-state index in [4.69, 9.17) is 0 Å². The number of nitrogens with zero attached hydrogens (tertiary/aromatic N) is 3. The van der Waals surface area contributed by atoms with Crippen LogP contribution in [0.1, 0.15) is 37.6 Å². The van der Waals surface area contributed by atoms with Gasteiger partial charge in [0.25, 0.3) is 17.4 Å². The molecular weight excluding hydrogens is 350 g/mol. The fourth-order valence-electron chi connectivity index (χ4n) is 3.83. The highest BCUT2D eigenvalue weighted by molar-refractivity contribution is 7.18. The van der Waals surface area contributed by atoms with Crippen molar-refractivity contribution in [3.63, 3.8) is 0 Å². The van der Waals surface area contributed by atoms with Crippen LogP contribution in [0.4, 0.5) is 0 Å². The van der Waals surface area contributed by atoms with Gasteiger partial charge in [-0.2, -0.15) is 0 Å². The molecule has 3 heterocycles. The first-order valence-electron chi connectivity index (χ1n) is 8.60. The van der Waals surface area contributed by atoms with E-state index in [1.807, 2.05) is 0 Å². The maximum Gasteiger partial charge on any atom is 0.262 e. The number of aryl methyl sites for hydroxylation is 2. The van der Waals surface area contributed by atoms with Gasteiger partial charge < -0.3 is 0 Å². The number of carbonyl (C=O) groups excluding carboxylic acids is 2. The molecule has 0 radical (unpaired) electrons. The Morgan fingerprint density at radius 2 is 1.73 bits per heavy atom. The minimum atomic E-state index is -0.302. The Kier molecular flexibility index (Phi) is 3.33. The molecule has 0 atom stereocenters. The van der Waals surface area contributed by atoms with Crippen molar-refractivity contribution in [2.24, 2.45) is 0 Å². The molecule has 1 aromatic carbocycles. The zero-order valence-corrected chi connectivity index (χ0v) is 14.7. The number of hydrogen-bond acceptors (Lipinski definition) is 5. The van der Waals surface area contributed by atoms with Crippen LogP contribution in [0.5, 0.6) is 0 Å². The van der Waals surface area contributed by atoms with Gasteiger partial charge in [-0.05, 0) is 37.0 Å². The van der Waals surface area contributed by atoms with Gasteiger partial charge >= 0.3 is 0 Å². The highest BCUT2D eigenvalue weighted by Crippen LogP contribution is 2.34. The van der Waals surface area contributed by atoms with E-state index in [0.717, 1.165) is 29.7 Å². The largest absolute Gasteiger partial charge is 0.297 e. The summed E-state index contributed by atoms with van der Waals surface area (Å²) in [6, 6.07) is 6.80. The van der Waals surface area contributed by atoms with Gasteiger partial charge in [0.1, 0.15) is 4.83 Å². The van der Waals surface area contributed by atoms with Crippen molar-refractivity contribution in [3.8, 4) is 0 Å². The van der Waals surface area contributed by atoms with Crippen LogP contribution >= 0.6 is 11.3 Å². The predicted octanol–water partition coefficient (Wildman–Crippen LogP) is 2.24. The van der Waals surface area contributed by atoms with Crippen LogP contribution < -0.4 is 5.56 Å². The summed E-state index contributed by atoms with van der Waals surface area (Å²) in [6.45, 7) is 0.406. The molecule has 0 saturated heterocycles. The van der Waals surface area contributed by atoms with Crippen LogP contribution in [-0.4, -0.2) is 32.8 Å². The zero-order valence-electron chi connectivity index (χ0n) is 13.9. The lowest BCUT2D eigenvalue weighted by Crippen LogP contribution is -2.35. The maximum absolute atomic E-state index is 12.9. The first kappa shape index (κ1) is 15.5. The fourth-order valence-corrected chi connectivity index (χ4v) is 5.05. The van der Waals surface area contributed by atoms with E-state index in [1.54, 1.807) is 35.6 Å². The minimum absolute atomic E-state index is 0.0778. The average molecular weight is 365 g/mol. The van der Waals surface area contributed by atoms with E-state index in [0.29, 0.717) is 16.5 Å². The van der Waals surface area contributed by atoms with Crippen molar-refractivity contribution in [3.05, 3.63) is 62.5 Å². The smallest absolute Gasteiger partial charge is 0.262 e. The Balaban J connectivity index is 1.45. The van der Waals surface area contributed by atoms with Gasteiger partial charge in [0, 0.05) is 18.0 Å². The highest BCUT2D eigenvalue weighted by Gasteiger charge is 2.34. The summed E-state index contributed by atoms with van der Waals surface area (Å²) in [5, 5.41) is 0.715. The van der Waals surface area contributed by atoms with Crippen LogP contribution in [0, 0.1) is 0 Å². The summed E-state index contributed by atoms with van der Waals surface area (Å²) in [5.74, 6) is -0.603. The molecule has 6 nitrogen and oxygen atoms in total. The fraction of sp³-hybridized carbons (Fsp3) is 0.263. The Morgan fingerprint density at radius 3 is 2.46 bits per heavy atom. The third kappa shape index (κ3) is 2.10. The van der Waals surface area contributed by atoms with Gasteiger partial charge in [-0.1, -0.05) is 12.1 Å². The van der Waals surface area contributed by atoms with E-state index in [2.05, 4.69) is 4.98 Å². The van der Waals surface area contributed by atoms with Crippen molar-refractivity contribution in [2.75, 3.05) is 6.54 Å². The van der Waals surface area contributed by atoms with Gasteiger partial charge in [-0.15, -0.1) is 11.3 Å². The second kappa shape index (κ2) is 5.60. The van der Waals surface area contributed by atoms with Crippen molar-refractivity contribution in [1.82, 2.24) is 14.5 Å². The molecule has 2 amide bonds. The van der Waals surface area contributed by atoms with Gasteiger partial charge in [0.15, 0.2) is 0 Å². The summed E-state index contributed by atoms with van der Waals surface area (Å²) in [6.07, 6.45) is 4.55. The summed E-state index contributed by atoms with van der Waals surface area (Å²) in [4.78, 5) is 45.4. The molecule has 0 spiro atoms. The Hall–Kier alpha value is -2.80. The number of carbonyl (C=O) groups is 2. The summed E-state index contributed by atoms with van der Waals surface area (Å²) < 4.78 is 1.51. The monoisotopic (exact) mass is 365 g/mol. The van der Waals surface area contributed by atoms with Crippen LogP contribution in [0.15, 0.2) is 35.4 Å². The van der Waals surface area contributed by atoms with Crippen LogP contribution in [0.2, 0.25) is 0 Å². The zero-order chi connectivity index (χ0) is 17.8. The second-order valence-corrected chi connectivity index (χ2v) is 7.67. The lowest BCUT2D eigenvalue weighted by atomic mass is 10.1. The molecular formula is C19H15N3O3S. The molecule has 5 rings (SSSR count). The standard InChI is InChI=1S/C19H15N3O3S/c23-17-11-4-1-2-5-12(11)18(24)22(17)9-8-21-10-20-16-15(19(21)25)13-6-3-7-14(13)26-16/h1-2,4-5,10H,3,6-9H2. The number of fused-ring (bicyclic) bond motifs is 4. The Bertz CT molecular complexity index is 1110. The van der Waals surface area contributed by atoms with E-state index in [1.165, 1.54) is 20.7 Å². The normalized spacial score (nSPS) is 15.8. The summed E-state index contributed by atoms with van der Waals surface area (Å²) >= 11 is 1.60. The van der Waals surface area contributed by atoms with Gasteiger partial charge in [0.2, 0.25) is 0 Å². The molecule has 1 aliphatic carbocycles. The molecule has 2 aliphatic rings. The van der Waals surface area contributed by atoms with Crippen LogP contribution in [0.3, 0.4) is 0 Å². The maximum atomic E-state index is 12.9. The molecule has 130 valence electrons. The molecule has 7 heteroatoms. The molecule has 0 fully saturated rings. The topological polar surface area (TPSA) is 72.3 Å². The molecule has 0 bridgehead atoms. The molecule has 0 N–H and O–H groups in total. The molecule has 3 aromatic rings. The molecule has 2 aromatic heterocycles. The lowest BCUT2D eigenvalue weighted by molar-refractivity contribution is 0.0648. The van der Waals surface area contributed by atoms with E-state index in [-0.39, 0.29) is 30.5 Å². The number of hydrogen-bond donors (Lipinski definition) is 0. The third-order valence-electron chi connectivity index (χ3n) is 5.13. The molecule has 26 heavy (non-hydrogen) atoms. The lowest BCUT2D eigenvalue weighted by Gasteiger charge is -2.14. The van der Waals surface area contributed by atoms with Crippen molar-refractivity contribution < 1.29 is 9.59 Å². The quantitative estimate of drug-likeness (QED) is 0.668. The highest BCUT2D eigenvalue weighted by atomic mass is 32.1. The minimum Gasteiger partial charge on any atom is -0.297 e. The number of thiophene rings is 1. The summed E-state index contributed by atoms with van der Waals surface area (Å²) in [5.41, 5.74) is 1.91. The average Bonchev–Trinajstić information content (AvgIpc) is 3.29. The van der Waals surface area contributed by atoms with E-state index >= 15 is 0 Å². The Morgan fingerprint density at radius 1 is 1.00 bits per heavy atom. The van der Waals surface area contributed by atoms with Crippen molar-refractivity contribution in [2.45, 2.75) is 25.8 Å². The van der Waals surface area contributed by atoms with Gasteiger partial charge in [-0.3, -0.25) is 23.9 Å². The van der Waals surface area contributed by atoms with E-state index in [9.17, 15) is 14.4 Å². The van der Waals surface area contributed by atoms with Crippen molar-refractivity contribution in [1.29, 1.82) is 0 Å². The Labute approximate surface area is 152 Å². The van der Waals surface area contributed by atoms with Crippen molar-refractivity contribution >= 4 is 33.4 Å². The van der Waals surface area contributed by atoms with Crippen LogP contribution in [0.25, 0.3) is 10.2 Å². The number of amides is 2. The first-order valence-corrected chi connectivity index (χ1v) is 9.41. The van der Waals surface area contributed by atoms with Gasteiger partial charge in [0.05, 0.1) is 22.8 Å². The predicted molar refractivity (Wildman–Crippen MR) is 97.7 cm³/mol. The first-order chi connectivity index (χ1) is 12.6. The molecule has 0 saturated carbocycles. The summed E-state index contributed by atoms with van der Waals surface area (Å²) in [7, 11) is 0. The number of imide groups is 1. The number of rotatable bonds is 3. The number of aromatic nitrogens is 2. The SMILES string of the molecule is O=C1c2ccccc2C(=O)N1CCn1cnc2sc3c(c2c1=O)CCC3. The molecule has 0 unspecified atom stereocenters. The number of benzene rings is 1. The second-order valence-electron chi connectivity index (χ2n) is 6.59. The van der Waals surface area contributed by atoms with Crippen LogP contribution in [-0.2, 0) is 19.4 Å². The van der Waals surface area contributed by atoms with E-state index < -0.39 is 0 Å². The van der Waals surface area contributed by atoms with Gasteiger partial charge in [-0.25, -0.2) is 4.98 Å².